The largest absolute Gasteiger partial charge is 0.497 e. The molecule has 2 rings (SSSR count). The summed E-state index contributed by atoms with van der Waals surface area (Å²) in [5, 5.41) is 0. The summed E-state index contributed by atoms with van der Waals surface area (Å²) in [4.78, 5) is 27.9. The van der Waals surface area contributed by atoms with E-state index in [9.17, 15) is 9.59 Å². The number of methoxy groups -OCH3 is 1. The topological polar surface area (TPSA) is 49.9 Å². The number of hydrogen-bond acceptors (Lipinski definition) is 4. The first-order valence-electron chi connectivity index (χ1n) is 7.90. The van der Waals surface area contributed by atoms with Crippen molar-refractivity contribution in [3.05, 3.63) is 29.8 Å². The van der Waals surface area contributed by atoms with Gasteiger partial charge in [-0.2, -0.15) is 11.8 Å². The normalized spacial score (nSPS) is 15.0. The Hall–Kier alpha value is -1.69. The van der Waals surface area contributed by atoms with Gasteiger partial charge in [-0.25, -0.2) is 0 Å². The molecule has 0 saturated carbocycles. The minimum Gasteiger partial charge on any atom is -0.497 e. The first-order valence-corrected chi connectivity index (χ1v) is 9.05. The number of carbonyl (C=O) groups is 2. The number of piperazine rings is 1. The van der Waals surface area contributed by atoms with Gasteiger partial charge in [-0.05, 0) is 29.9 Å². The Balaban J connectivity index is 1.86. The summed E-state index contributed by atoms with van der Waals surface area (Å²) in [7, 11) is 1.63. The molecule has 1 aliphatic heterocycles. The van der Waals surface area contributed by atoms with Crippen LogP contribution in [-0.4, -0.2) is 59.9 Å². The predicted octanol–water partition coefficient (Wildman–Crippen LogP) is 2.01. The third kappa shape index (κ3) is 5.16. The molecule has 1 saturated heterocycles. The summed E-state index contributed by atoms with van der Waals surface area (Å²) in [6.07, 6.45) is 1.06. The third-order valence-electron chi connectivity index (χ3n) is 3.75. The lowest BCUT2D eigenvalue weighted by molar-refractivity contribution is -0.144. The first kappa shape index (κ1) is 17.7. The Morgan fingerprint density at radius 3 is 2.87 bits per heavy atom. The quantitative estimate of drug-likeness (QED) is 0.715. The van der Waals surface area contributed by atoms with Crippen LogP contribution < -0.4 is 4.74 Å². The lowest BCUT2D eigenvalue weighted by atomic mass is 10.2. The molecule has 126 valence electrons. The van der Waals surface area contributed by atoms with Gasteiger partial charge in [-0.1, -0.05) is 19.1 Å². The van der Waals surface area contributed by atoms with Crippen LogP contribution in [-0.2, 0) is 16.1 Å². The second-order valence-electron chi connectivity index (χ2n) is 5.53. The first-order chi connectivity index (χ1) is 11.1. The van der Waals surface area contributed by atoms with Crippen molar-refractivity contribution < 1.29 is 14.3 Å². The lowest BCUT2D eigenvalue weighted by Crippen LogP contribution is -2.52. The Kier molecular flexibility index (Phi) is 6.77. The van der Waals surface area contributed by atoms with Crippen LogP contribution in [0.4, 0.5) is 0 Å². The van der Waals surface area contributed by atoms with Crippen LogP contribution in [0.1, 0.15) is 18.9 Å². The molecule has 0 aromatic heterocycles. The highest BCUT2D eigenvalue weighted by molar-refractivity contribution is 7.99. The van der Waals surface area contributed by atoms with Crippen molar-refractivity contribution in [3.63, 3.8) is 0 Å². The second kappa shape index (κ2) is 8.82. The highest BCUT2D eigenvalue weighted by Crippen LogP contribution is 2.16. The molecule has 1 fully saturated rings. The highest BCUT2D eigenvalue weighted by atomic mass is 32.2. The van der Waals surface area contributed by atoms with Gasteiger partial charge in [-0.3, -0.25) is 9.59 Å². The van der Waals surface area contributed by atoms with Crippen LogP contribution in [0.5, 0.6) is 5.75 Å². The maximum atomic E-state index is 12.3. The van der Waals surface area contributed by atoms with Gasteiger partial charge in [0, 0.05) is 19.6 Å². The summed E-state index contributed by atoms with van der Waals surface area (Å²) >= 11 is 1.63. The molecule has 1 heterocycles. The standard InChI is InChI=1S/C17H24N2O3S/c1-3-9-23-13-17(21)19-8-7-18(16(20)12-19)11-14-5-4-6-15(10-14)22-2/h4-6,10H,3,7-9,11-13H2,1-2H3. The molecule has 0 N–H and O–H groups in total. The van der Waals surface area contributed by atoms with Crippen molar-refractivity contribution in [1.82, 2.24) is 9.80 Å². The van der Waals surface area contributed by atoms with Crippen molar-refractivity contribution in [2.45, 2.75) is 19.9 Å². The molecular formula is C17H24N2O3S. The number of carbonyl (C=O) groups excluding carboxylic acids is 2. The second-order valence-corrected chi connectivity index (χ2v) is 6.64. The van der Waals surface area contributed by atoms with Gasteiger partial charge < -0.3 is 14.5 Å². The van der Waals surface area contributed by atoms with E-state index in [1.54, 1.807) is 28.7 Å². The Morgan fingerprint density at radius 2 is 2.17 bits per heavy atom. The van der Waals surface area contributed by atoms with E-state index in [0.29, 0.717) is 25.4 Å². The summed E-state index contributed by atoms with van der Waals surface area (Å²) in [6, 6.07) is 7.72. The van der Waals surface area contributed by atoms with Gasteiger partial charge in [0.1, 0.15) is 5.75 Å². The third-order valence-corrected chi connectivity index (χ3v) is 4.90. The molecule has 2 amide bonds. The molecular weight excluding hydrogens is 312 g/mol. The number of rotatable bonds is 7. The molecule has 0 spiro atoms. The van der Waals surface area contributed by atoms with E-state index in [-0.39, 0.29) is 18.4 Å². The summed E-state index contributed by atoms with van der Waals surface area (Å²) in [5.74, 6) is 2.31. The van der Waals surface area contributed by atoms with Crippen molar-refractivity contribution in [3.8, 4) is 5.75 Å². The molecule has 0 bridgehead atoms. The smallest absolute Gasteiger partial charge is 0.242 e. The zero-order valence-corrected chi connectivity index (χ0v) is 14.6. The minimum atomic E-state index is 0.00733. The Bertz CT molecular complexity index is 550. The molecule has 1 aromatic rings. The van der Waals surface area contributed by atoms with Crippen LogP contribution in [0.15, 0.2) is 24.3 Å². The number of amides is 2. The van der Waals surface area contributed by atoms with E-state index in [0.717, 1.165) is 23.5 Å². The van der Waals surface area contributed by atoms with Gasteiger partial charge in [0.05, 0.1) is 19.4 Å². The number of nitrogens with zero attached hydrogens (tertiary/aromatic N) is 2. The van der Waals surface area contributed by atoms with E-state index in [2.05, 4.69) is 6.92 Å². The molecule has 23 heavy (non-hydrogen) atoms. The maximum Gasteiger partial charge on any atom is 0.242 e. The average molecular weight is 336 g/mol. The van der Waals surface area contributed by atoms with E-state index in [1.807, 2.05) is 24.3 Å². The molecule has 1 aromatic carbocycles. The highest BCUT2D eigenvalue weighted by Gasteiger charge is 2.26. The molecule has 0 atom stereocenters. The van der Waals surface area contributed by atoms with Crippen molar-refractivity contribution in [1.29, 1.82) is 0 Å². The average Bonchev–Trinajstić information content (AvgIpc) is 2.57. The van der Waals surface area contributed by atoms with Gasteiger partial charge >= 0.3 is 0 Å². The van der Waals surface area contributed by atoms with Gasteiger partial charge in [0.2, 0.25) is 11.8 Å². The molecule has 5 nitrogen and oxygen atoms in total. The number of ether oxygens (including phenoxy) is 1. The maximum absolute atomic E-state index is 12.3. The van der Waals surface area contributed by atoms with Gasteiger partial charge in [0.25, 0.3) is 0 Å². The van der Waals surface area contributed by atoms with E-state index in [4.69, 9.17) is 4.74 Å². The van der Waals surface area contributed by atoms with Crippen molar-refractivity contribution >= 4 is 23.6 Å². The molecule has 6 heteroatoms. The Morgan fingerprint density at radius 1 is 1.35 bits per heavy atom. The van der Waals surface area contributed by atoms with Crippen LogP contribution in [0, 0.1) is 0 Å². The van der Waals surface area contributed by atoms with Gasteiger partial charge in [0.15, 0.2) is 0 Å². The monoisotopic (exact) mass is 336 g/mol. The SMILES string of the molecule is CCCSCC(=O)N1CCN(Cc2cccc(OC)c2)C(=O)C1. The zero-order valence-electron chi connectivity index (χ0n) is 13.8. The van der Waals surface area contributed by atoms with Crippen LogP contribution in [0.2, 0.25) is 0 Å². The van der Waals surface area contributed by atoms with E-state index in [1.165, 1.54) is 0 Å². The minimum absolute atomic E-state index is 0.00733. The number of hydrogen-bond donors (Lipinski definition) is 0. The van der Waals surface area contributed by atoms with E-state index < -0.39 is 0 Å². The summed E-state index contributed by atoms with van der Waals surface area (Å²) in [6.45, 7) is 4.04. The van der Waals surface area contributed by atoms with E-state index >= 15 is 0 Å². The molecule has 1 aliphatic rings. The van der Waals surface area contributed by atoms with Crippen molar-refractivity contribution in [2.24, 2.45) is 0 Å². The van der Waals surface area contributed by atoms with Crippen LogP contribution in [0.3, 0.4) is 0 Å². The summed E-state index contributed by atoms with van der Waals surface area (Å²) in [5.41, 5.74) is 1.04. The fraction of sp³-hybridized carbons (Fsp3) is 0.529. The van der Waals surface area contributed by atoms with Crippen molar-refractivity contribution in [2.75, 3.05) is 38.2 Å². The van der Waals surface area contributed by atoms with Crippen LogP contribution in [0.25, 0.3) is 0 Å². The number of benzene rings is 1. The predicted molar refractivity (Wildman–Crippen MR) is 92.6 cm³/mol. The molecule has 0 aliphatic carbocycles. The zero-order chi connectivity index (χ0) is 16.7. The fourth-order valence-electron chi connectivity index (χ4n) is 2.47. The number of thioether (sulfide) groups is 1. The molecule has 0 unspecified atom stereocenters. The van der Waals surface area contributed by atoms with Crippen LogP contribution >= 0.6 is 11.8 Å². The lowest BCUT2D eigenvalue weighted by Gasteiger charge is -2.34. The fourth-order valence-corrected chi connectivity index (χ4v) is 3.27. The van der Waals surface area contributed by atoms with Gasteiger partial charge in [-0.15, -0.1) is 0 Å². The molecule has 0 radical (unpaired) electrons. The Labute approximate surface area is 142 Å². The summed E-state index contributed by atoms with van der Waals surface area (Å²) < 4.78 is 5.21.